The zero-order valence-electron chi connectivity index (χ0n) is 20.4. The van der Waals surface area contributed by atoms with Crippen LogP contribution >= 0.6 is 0 Å². The van der Waals surface area contributed by atoms with Crippen LogP contribution in [0.4, 0.5) is 0 Å². The molecule has 2 aromatic heterocycles. The number of nitrogens with zero attached hydrogens (tertiary/aromatic N) is 5. The van der Waals surface area contributed by atoms with Gasteiger partial charge in [0.15, 0.2) is 11.5 Å². The molecule has 0 bridgehead atoms. The van der Waals surface area contributed by atoms with Crippen LogP contribution in [-0.4, -0.2) is 63.0 Å². The van der Waals surface area contributed by atoms with E-state index in [1.807, 2.05) is 41.3 Å². The lowest BCUT2D eigenvalue weighted by Crippen LogP contribution is -2.49. The molecule has 0 aliphatic carbocycles. The lowest BCUT2D eigenvalue weighted by Gasteiger charge is -2.34. The summed E-state index contributed by atoms with van der Waals surface area (Å²) in [6, 6.07) is 14.0. The van der Waals surface area contributed by atoms with E-state index in [2.05, 4.69) is 27.6 Å². The minimum absolute atomic E-state index is 0.0510. The Kier molecular flexibility index (Phi) is 5.85. The van der Waals surface area contributed by atoms with Crippen LogP contribution in [0.3, 0.4) is 0 Å². The summed E-state index contributed by atoms with van der Waals surface area (Å²) in [6.45, 7) is 6.62. The molecule has 0 spiro atoms. The molecule has 6 rings (SSSR count). The number of amides is 1. The van der Waals surface area contributed by atoms with Gasteiger partial charge >= 0.3 is 0 Å². The highest BCUT2D eigenvalue weighted by atomic mass is 16.7. The monoisotopic (exact) mass is 487 g/mol. The first-order chi connectivity index (χ1) is 17.6. The number of benzene rings is 2. The summed E-state index contributed by atoms with van der Waals surface area (Å²) in [5.41, 5.74) is 2.59. The van der Waals surface area contributed by atoms with Crippen LogP contribution in [-0.2, 0) is 24.4 Å². The summed E-state index contributed by atoms with van der Waals surface area (Å²) in [4.78, 5) is 30.7. The molecule has 0 N–H and O–H groups in total. The minimum Gasteiger partial charge on any atom is -0.454 e. The molecule has 0 saturated carbocycles. The maximum absolute atomic E-state index is 13.4. The van der Waals surface area contributed by atoms with Gasteiger partial charge in [0.25, 0.3) is 5.56 Å². The molecule has 9 nitrogen and oxygen atoms in total. The molecule has 2 aromatic carbocycles. The Balaban J connectivity index is 1.15. The van der Waals surface area contributed by atoms with Crippen molar-refractivity contribution >= 4 is 27.7 Å². The molecule has 9 heteroatoms. The number of hydrogen-bond donors (Lipinski definition) is 0. The Hall–Kier alpha value is -3.85. The largest absolute Gasteiger partial charge is 0.454 e. The number of hydrogen-bond acceptors (Lipinski definition) is 6. The van der Waals surface area contributed by atoms with Crippen molar-refractivity contribution in [3.05, 3.63) is 64.6 Å². The molecular weight excluding hydrogens is 458 g/mol. The lowest BCUT2D eigenvalue weighted by atomic mass is 10.1. The maximum atomic E-state index is 13.4. The zero-order chi connectivity index (χ0) is 24.6. The topological polar surface area (TPSA) is 81.8 Å². The Labute approximate surface area is 208 Å². The molecule has 0 atom stereocenters. The van der Waals surface area contributed by atoms with E-state index >= 15 is 0 Å². The molecule has 1 fully saturated rings. The molecule has 2 aliphatic rings. The summed E-state index contributed by atoms with van der Waals surface area (Å²) >= 11 is 0. The number of aromatic nitrogens is 3. The van der Waals surface area contributed by atoms with Crippen LogP contribution in [0.2, 0.25) is 0 Å². The Morgan fingerprint density at radius 1 is 1.00 bits per heavy atom. The van der Waals surface area contributed by atoms with Gasteiger partial charge in [-0.1, -0.05) is 31.2 Å². The molecule has 186 valence electrons. The number of ether oxygens (including phenoxy) is 2. The molecule has 2 aliphatic heterocycles. The molecule has 4 heterocycles. The van der Waals surface area contributed by atoms with Crippen LogP contribution in [0.15, 0.2) is 53.5 Å². The van der Waals surface area contributed by atoms with Gasteiger partial charge in [-0.2, -0.15) is 5.10 Å². The van der Waals surface area contributed by atoms with Crippen molar-refractivity contribution in [2.45, 2.75) is 33.0 Å². The van der Waals surface area contributed by atoms with E-state index in [1.54, 1.807) is 6.20 Å². The van der Waals surface area contributed by atoms with Crippen LogP contribution in [0, 0.1) is 0 Å². The van der Waals surface area contributed by atoms with Crippen molar-refractivity contribution in [1.29, 1.82) is 0 Å². The number of carbonyl (C=O) groups is 1. The standard InChI is InChI=1S/C27H29N5O4/c1-2-9-31-22-6-4-3-5-20(22)21-15-28-32(27(34)26(21)31)17-25(33)30-12-10-29(11-13-30)16-19-7-8-23-24(14-19)36-18-35-23/h3-8,14-15H,2,9-13,16-18H2,1H3. The van der Waals surface area contributed by atoms with Crippen LogP contribution < -0.4 is 15.0 Å². The van der Waals surface area contributed by atoms with Gasteiger partial charge < -0.3 is 18.9 Å². The summed E-state index contributed by atoms with van der Waals surface area (Å²) in [5, 5.41) is 6.23. The summed E-state index contributed by atoms with van der Waals surface area (Å²) in [5.74, 6) is 1.49. The van der Waals surface area contributed by atoms with Gasteiger partial charge in [0.05, 0.1) is 6.20 Å². The Bertz CT molecular complexity index is 1500. The number of fused-ring (bicyclic) bond motifs is 4. The van der Waals surface area contributed by atoms with Gasteiger partial charge in [-0.3, -0.25) is 14.5 Å². The number of para-hydroxylation sites is 1. The van der Waals surface area contributed by atoms with Gasteiger partial charge in [0.1, 0.15) is 12.1 Å². The highest BCUT2D eigenvalue weighted by Gasteiger charge is 2.24. The van der Waals surface area contributed by atoms with Gasteiger partial charge in [-0.15, -0.1) is 0 Å². The van der Waals surface area contributed by atoms with E-state index in [9.17, 15) is 9.59 Å². The third kappa shape index (κ3) is 3.99. The quantitative estimate of drug-likeness (QED) is 0.416. The fraction of sp³-hybridized carbons (Fsp3) is 0.370. The van der Waals surface area contributed by atoms with Crippen molar-refractivity contribution in [2.24, 2.45) is 0 Å². The number of carbonyl (C=O) groups excluding carboxylic acids is 1. The average molecular weight is 488 g/mol. The van der Waals surface area contributed by atoms with Gasteiger partial charge in [0.2, 0.25) is 12.7 Å². The number of rotatable bonds is 6. The normalized spacial score (nSPS) is 15.8. The molecule has 1 amide bonds. The van der Waals surface area contributed by atoms with Crippen LogP contribution in [0.25, 0.3) is 21.8 Å². The highest BCUT2D eigenvalue weighted by Crippen LogP contribution is 2.33. The number of aryl methyl sites for hydroxylation is 1. The van der Waals surface area contributed by atoms with Gasteiger partial charge in [-0.05, 0) is 30.2 Å². The van der Waals surface area contributed by atoms with E-state index in [-0.39, 0.29) is 24.8 Å². The van der Waals surface area contributed by atoms with Crippen LogP contribution in [0.1, 0.15) is 18.9 Å². The van der Waals surface area contributed by atoms with Gasteiger partial charge in [0, 0.05) is 55.6 Å². The van der Waals surface area contributed by atoms with Gasteiger partial charge in [-0.25, -0.2) is 4.68 Å². The molecule has 36 heavy (non-hydrogen) atoms. The molecule has 0 radical (unpaired) electrons. The summed E-state index contributed by atoms with van der Waals surface area (Å²) in [7, 11) is 0. The van der Waals surface area contributed by atoms with E-state index in [1.165, 1.54) is 4.68 Å². The predicted molar refractivity (Wildman–Crippen MR) is 136 cm³/mol. The predicted octanol–water partition coefficient (Wildman–Crippen LogP) is 2.83. The third-order valence-corrected chi connectivity index (χ3v) is 7.07. The summed E-state index contributed by atoms with van der Waals surface area (Å²) in [6.07, 6.45) is 2.63. The van der Waals surface area contributed by atoms with Crippen molar-refractivity contribution in [1.82, 2.24) is 24.1 Å². The van der Waals surface area contributed by atoms with Crippen molar-refractivity contribution in [2.75, 3.05) is 33.0 Å². The first-order valence-corrected chi connectivity index (χ1v) is 12.5. The van der Waals surface area contributed by atoms with E-state index in [0.717, 1.165) is 66.0 Å². The summed E-state index contributed by atoms with van der Waals surface area (Å²) < 4.78 is 14.2. The minimum atomic E-state index is -0.216. The SMILES string of the molecule is CCCn1c2ccccc2c2cnn(CC(=O)N3CCN(Cc4ccc5c(c4)OCO5)CC3)c(=O)c21. The van der Waals surface area contributed by atoms with E-state index in [0.29, 0.717) is 18.6 Å². The third-order valence-electron chi connectivity index (χ3n) is 7.07. The lowest BCUT2D eigenvalue weighted by molar-refractivity contribution is -0.133. The fourth-order valence-electron chi connectivity index (χ4n) is 5.24. The Morgan fingerprint density at radius 3 is 2.64 bits per heavy atom. The smallest absolute Gasteiger partial charge is 0.291 e. The van der Waals surface area contributed by atoms with E-state index < -0.39 is 0 Å². The maximum Gasteiger partial charge on any atom is 0.291 e. The van der Waals surface area contributed by atoms with Crippen molar-refractivity contribution in [3.8, 4) is 11.5 Å². The van der Waals surface area contributed by atoms with E-state index in [4.69, 9.17) is 9.47 Å². The second kappa shape index (κ2) is 9.31. The average Bonchev–Trinajstić information content (AvgIpc) is 3.49. The molecule has 4 aromatic rings. The Morgan fingerprint density at radius 2 is 1.81 bits per heavy atom. The molecule has 1 saturated heterocycles. The fourth-order valence-corrected chi connectivity index (χ4v) is 5.24. The first kappa shape index (κ1) is 22.6. The first-order valence-electron chi connectivity index (χ1n) is 12.5. The molecular formula is C27H29N5O4. The van der Waals surface area contributed by atoms with Crippen LogP contribution in [0.5, 0.6) is 11.5 Å². The molecule has 0 unspecified atom stereocenters. The number of piperazine rings is 1. The van der Waals surface area contributed by atoms with Crippen molar-refractivity contribution in [3.63, 3.8) is 0 Å². The zero-order valence-corrected chi connectivity index (χ0v) is 20.4. The highest BCUT2D eigenvalue weighted by molar-refractivity contribution is 6.07. The second-order valence-electron chi connectivity index (χ2n) is 9.38. The van der Waals surface area contributed by atoms with Crippen molar-refractivity contribution < 1.29 is 14.3 Å². The second-order valence-corrected chi connectivity index (χ2v) is 9.38.